The lowest BCUT2D eigenvalue weighted by Gasteiger charge is -2.34. The number of hydrogen-bond acceptors (Lipinski definition) is 6. The van der Waals surface area contributed by atoms with Gasteiger partial charge in [-0.05, 0) is 6.92 Å². The Labute approximate surface area is 103 Å². The highest BCUT2D eigenvalue weighted by molar-refractivity contribution is 7.52. The summed E-state index contributed by atoms with van der Waals surface area (Å²) in [6.07, 6.45) is -4.76. The molecule has 0 aromatic carbocycles. The number of amides is 1. The molecule has 1 fully saturated rings. The van der Waals surface area contributed by atoms with Crippen molar-refractivity contribution in [1.29, 1.82) is 0 Å². The molecule has 0 spiro atoms. The maximum atomic E-state index is 11.0. The first-order valence-electron chi connectivity index (χ1n) is 5.19. The molecule has 0 bridgehead atoms. The molecule has 9 nitrogen and oxygen atoms in total. The van der Waals surface area contributed by atoms with Gasteiger partial charge in [0.15, 0.2) is 6.29 Å². The molecule has 10 heteroatoms. The van der Waals surface area contributed by atoms with Crippen molar-refractivity contribution in [3.63, 3.8) is 0 Å². The highest BCUT2D eigenvalue weighted by Crippen LogP contribution is 2.33. The molecule has 1 amide bonds. The number of nitrogens with one attached hydrogen (secondary N) is 1. The maximum Gasteiger partial charge on any atom is 0.334 e. The number of aliphatic hydroxyl groups excluding tert-OH is 2. The first-order valence-corrected chi connectivity index (χ1v) is 6.99. The fourth-order valence-corrected chi connectivity index (χ4v) is 1.85. The second kappa shape index (κ2) is 6.07. The van der Waals surface area contributed by atoms with Gasteiger partial charge in [-0.15, -0.1) is 0 Å². The Morgan fingerprint density at radius 2 is 2.11 bits per heavy atom. The predicted octanol–water partition coefficient (Wildman–Crippen LogP) is -1.93. The van der Waals surface area contributed by atoms with Crippen LogP contribution in [0.5, 0.6) is 0 Å². The van der Waals surface area contributed by atoms with Crippen LogP contribution in [-0.2, 0) is 18.9 Å². The van der Waals surface area contributed by atoms with Gasteiger partial charge in [-0.2, -0.15) is 0 Å². The lowest BCUT2D eigenvalue weighted by atomic mass is 10.0. The third kappa shape index (κ3) is 4.99. The van der Waals surface area contributed by atoms with Crippen molar-refractivity contribution in [1.82, 2.24) is 5.48 Å². The van der Waals surface area contributed by atoms with E-state index in [0.29, 0.717) is 0 Å². The van der Waals surface area contributed by atoms with Gasteiger partial charge in [-0.1, -0.05) is 0 Å². The van der Waals surface area contributed by atoms with Gasteiger partial charge in [0, 0.05) is 6.42 Å². The molecule has 1 aliphatic heterocycles. The zero-order valence-electron chi connectivity index (χ0n) is 9.59. The minimum absolute atomic E-state index is 0.0263. The van der Waals surface area contributed by atoms with Crippen LogP contribution in [0.1, 0.15) is 13.3 Å². The topological polar surface area (TPSA) is 146 Å². The summed E-state index contributed by atoms with van der Waals surface area (Å²) in [6, 6.07) is 0. The maximum absolute atomic E-state index is 11.0. The largest absolute Gasteiger partial charge is 0.390 e. The summed E-state index contributed by atoms with van der Waals surface area (Å²) in [5.41, 5.74) is 1.79. The first-order chi connectivity index (χ1) is 8.19. The van der Waals surface area contributed by atoms with Crippen molar-refractivity contribution in [3.8, 4) is 0 Å². The van der Waals surface area contributed by atoms with E-state index in [0.717, 1.165) is 0 Å². The summed E-state index contributed by atoms with van der Waals surface area (Å²) >= 11 is 0. The van der Waals surface area contributed by atoms with Gasteiger partial charge >= 0.3 is 7.60 Å². The van der Waals surface area contributed by atoms with E-state index in [2.05, 4.69) is 0 Å². The van der Waals surface area contributed by atoms with E-state index in [1.807, 2.05) is 0 Å². The second-order valence-electron chi connectivity index (χ2n) is 4.04. The normalized spacial score (nSPS) is 33.2. The summed E-state index contributed by atoms with van der Waals surface area (Å²) in [6.45, 7) is 1.57. The lowest BCUT2D eigenvalue weighted by Crippen LogP contribution is -2.49. The highest BCUT2D eigenvalue weighted by atomic mass is 31.2. The van der Waals surface area contributed by atoms with Crippen LogP contribution in [0.2, 0.25) is 0 Å². The number of ether oxygens (including phenoxy) is 1. The molecule has 0 aromatic rings. The minimum Gasteiger partial charge on any atom is -0.390 e. The third-order valence-corrected chi connectivity index (χ3v) is 3.06. The van der Waals surface area contributed by atoms with Gasteiger partial charge in [0.1, 0.15) is 12.3 Å². The Morgan fingerprint density at radius 3 is 2.67 bits per heavy atom. The summed E-state index contributed by atoms with van der Waals surface area (Å²) in [5, 5.41) is 18.9. The van der Waals surface area contributed by atoms with Crippen molar-refractivity contribution < 1.29 is 38.9 Å². The lowest BCUT2D eigenvalue weighted by molar-refractivity contribution is -0.262. The zero-order chi connectivity index (χ0) is 13.9. The Hall–Kier alpha value is -0.540. The summed E-state index contributed by atoms with van der Waals surface area (Å²) in [7, 11) is -4.46. The van der Waals surface area contributed by atoms with Crippen LogP contribution in [-0.4, -0.2) is 56.7 Å². The second-order valence-corrected chi connectivity index (χ2v) is 5.68. The third-order valence-electron chi connectivity index (χ3n) is 2.36. The highest BCUT2D eigenvalue weighted by Gasteiger charge is 2.35. The first kappa shape index (κ1) is 15.5. The number of rotatable bonds is 4. The molecule has 1 aliphatic rings. The van der Waals surface area contributed by atoms with Gasteiger partial charge in [0.05, 0.1) is 12.2 Å². The SMILES string of the molecule is C[C@H]1O[C@H](O)[C@@H](ONC(=O)CP(=O)(O)O)C[C@H]1O. The Balaban J connectivity index is 2.39. The van der Waals surface area contributed by atoms with Crippen LogP contribution in [0, 0.1) is 0 Å². The van der Waals surface area contributed by atoms with E-state index in [4.69, 9.17) is 19.4 Å². The predicted molar refractivity (Wildman–Crippen MR) is 57.1 cm³/mol. The van der Waals surface area contributed by atoms with Crippen LogP contribution in [0.15, 0.2) is 0 Å². The van der Waals surface area contributed by atoms with Gasteiger partial charge in [0.25, 0.3) is 5.91 Å². The number of carbonyl (C=O) groups is 1. The molecule has 0 saturated carbocycles. The summed E-state index contributed by atoms with van der Waals surface area (Å²) in [5.74, 6) is -1.02. The van der Waals surface area contributed by atoms with Gasteiger partial charge in [0.2, 0.25) is 0 Å². The minimum atomic E-state index is -4.46. The molecule has 0 radical (unpaired) electrons. The Bertz CT molecular complexity index is 344. The summed E-state index contributed by atoms with van der Waals surface area (Å²) < 4.78 is 15.4. The van der Waals surface area contributed by atoms with Crippen molar-refractivity contribution in [2.75, 3.05) is 6.16 Å². The molecule has 1 heterocycles. The fraction of sp³-hybridized carbons (Fsp3) is 0.875. The Morgan fingerprint density at radius 1 is 1.50 bits per heavy atom. The molecule has 0 aliphatic carbocycles. The summed E-state index contributed by atoms with van der Waals surface area (Å²) in [4.78, 5) is 32.9. The quantitative estimate of drug-likeness (QED) is 0.296. The number of hydroxylamine groups is 1. The van der Waals surface area contributed by atoms with Crippen molar-refractivity contribution in [3.05, 3.63) is 0 Å². The molecule has 18 heavy (non-hydrogen) atoms. The van der Waals surface area contributed by atoms with E-state index < -0.39 is 44.3 Å². The molecule has 5 N–H and O–H groups in total. The van der Waals surface area contributed by atoms with Crippen LogP contribution >= 0.6 is 7.60 Å². The van der Waals surface area contributed by atoms with Crippen molar-refractivity contribution in [2.45, 2.75) is 37.9 Å². The molecule has 1 saturated heterocycles. The number of carbonyl (C=O) groups excluding carboxylic acids is 1. The van der Waals surface area contributed by atoms with E-state index in [9.17, 15) is 19.6 Å². The monoisotopic (exact) mass is 285 g/mol. The van der Waals surface area contributed by atoms with Crippen LogP contribution in [0.4, 0.5) is 0 Å². The standard InChI is InChI=1S/C8H16NO8P/c1-4-5(10)2-6(8(12)16-4)17-9-7(11)3-18(13,14)15/h4-6,8,10,12H,2-3H2,1H3,(H,9,11)(H2,13,14,15)/t4-,5-,6+,8+/m1/s1. The fourth-order valence-electron chi connectivity index (χ4n) is 1.41. The van der Waals surface area contributed by atoms with Gasteiger partial charge < -0.3 is 24.7 Å². The van der Waals surface area contributed by atoms with E-state index in [1.54, 1.807) is 12.4 Å². The van der Waals surface area contributed by atoms with Crippen LogP contribution in [0.3, 0.4) is 0 Å². The zero-order valence-corrected chi connectivity index (χ0v) is 10.5. The van der Waals surface area contributed by atoms with Gasteiger partial charge in [-0.25, -0.2) is 5.48 Å². The van der Waals surface area contributed by atoms with E-state index >= 15 is 0 Å². The van der Waals surface area contributed by atoms with Crippen LogP contribution in [0.25, 0.3) is 0 Å². The smallest absolute Gasteiger partial charge is 0.334 e. The molecule has 0 aromatic heterocycles. The van der Waals surface area contributed by atoms with Gasteiger partial charge in [-0.3, -0.25) is 14.2 Å². The number of aliphatic hydroxyl groups is 2. The van der Waals surface area contributed by atoms with Crippen molar-refractivity contribution in [2.24, 2.45) is 0 Å². The van der Waals surface area contributed by atoms with Crippen LogP contribution < -0.4 is 5.48 Å². The molecular formula is C8H16NO8P. The molecular weight excluding hydrogens is 269 g/mol. The molecule has 106 valence electrons. The Kier molecular flexibility index (Phi) is 5.23. The molecule has 1 rings (SSSR count). The average Bonchev–Trinajstić information content (AvgIpc) is 2.19. The average molecular weight is 285 g/mol. The molecule has 0 unspecified atom stereocenters. The van der Waals surface area contributed by atoms with E-state index in [-0.39, 0.29) is 6.42 Å². The molecule has 4 atom stereocenters. The van der Waals surface area contributed by atoms with E-state index in [1.165, 1.54) is 0 Å². The van der Waals surface area contributed by atoms with Crippen molar-refractivity contribution >= 4 is 13.5 Å². The number of hydrogen-bond donors (Lipinski definition) is 5.